The molecule has 0 spiro atoms. The molecule has 4 rings (SSSR count). The van der Waals surface area contributed by atoms with E-state index in [1.807, 2.05) is 31.3 Å². The maximum Gasteiger partial charge on any atom is 0.282 e. The second kappa shape index (κ2) is 9.93. The van der Waals surface area contributed by atoms with Gasteiger partial charge in [0, 0.05) is 64.3 Å². The van der Waals surface area contributed by atoms with Gasteiger partial charge in [-0.05, 0) is 26.1 Å². The van der Waals surface area contributed by atoms with Crippen molar-refractivity contribution in [2.75, 3.05) is 59.4 Å². The van der Waals surface area contributed by atoms with E-state index in [1.54, 1.807) is 19.9 Å². The summed E-state index contributed by atoms with van der Waals surface area (Å²) in [5.41, 5.74) is 2.23. The number of ether oxygens (including phenoxy) is 1. The minimum atomic E-state index is -3.35. The quantitative estimate of drug-likeness (QED) is 0.619. The summed E-state index contributed by atoms with van der Waals surface area (Å²) in [4.78, 5) is 9.13. The van der Waals surface area contributed by atoms with E-state index in [2.05, 4.69) is 22.1 Å². The average molecular weight is 466 g/mol. The molecule has 0 radical (unpaired) electrons. The molecule has 31 heavy (non-hydrogen) atoms. The lowest BCUT2D eigenvalue weighted by atomic mass is 10.2. The smallest absolute Gasteiger partial charge is 0.282 e. The molecule has 2 aliphatic rings. The van der Waals surface area contributed by atoms with Crippen molar-refractivity contribution in [2.24, 2.45) is 0 Å². The van der Waals surface area contributed by atoms with Crippen LogP contribution in [0.15, 0.2) is 29.6 Å². The van der Waals surface area contributed by atoms with Gasteiger partial charge in [0.15, 0.2) is 0 Å². The van der Waals surface area contributed by atoms with Gasteiger partial charge in [-0.2, -0.15) is 17.0 Å². The second-order valence-corrected chi connectivity index (χ2v) is 11.1. The molecule has 2 saturated heterocycles. The van der Waals surface area contributed by atoms with Crippen LogP contribution in [0, 0.1) is 6.92 Å². The van der Waals surface area contributed by atoms with Gasteiger partial charge in [0.25, 0.3) is 10.2 Å². The summed E-state index contributed by atoms with van der Waals surface area (Å²) in [5, 5.41) is 3.02. The van der Waals surface area contributed by atoms with Crippen molar-refractivity contribution in [3.8, 4) is 5.75 Å². The topological polar surface area (TPSA) is 69.2 Å². The molecule has 0 bridgehead atoms. The van der Waals surface area contributed by atoms with E-state index in [9.17, 15) is 8.42 Å². The van der Waals surface area contributed by atoms with E-state index in [0.717, 1.165) is 49.2 Å². The maximum atomic E-state index is 12.9. The Labute approximate surface area is 189 Å². The minimum absolute atomic E-state index is 0.463. The Morgan fingerprint density at radius 3 is 2.23 bits per heavy atom. The van der Waals surface area contributed by atoms with Crippen LogP contribution in [-0.4, -0.2) is 91.2 Å². The van der Waals surface area contributed by atoms with E-state index in [0.29, 0.717) is 32.8 Å². The van der Waals surface area contributed by atoms with Crippen LogP contribution in [0.4, 0.5) is 0 Å². The Kier molecular flexibility index (Phi) is 7.25. The first-order chi connectivity index (χ1) is 14.9. The molecule has 2 aliphatic heterocycles. The summed E-state index contributed by atoms with van der Waals surface area (Å²) in [6.07, 6.45) is 0. The predicted octanol–water partition coefficient (Wildman–Crippen LogP) is 1.64. The van der Waals surface area contributed by atoms with Crippen LogP contribution < -0.4 is 4.74 Å². The van der Waals surface area contributed by atoms with Crippen LogP contribution in [0.5, 0.6) is 5.75 Å². The van der Waals surface area contributed by atoms with Crippen LogP contribution in [0.3, 0.4) is 0 Å². The molecule has 2 aromatic rings. The summed E-state index contributed by atoms with van der Waals surface area (Å²) >= 11 is 1.60. The van der Waals surface area contributed by atoms with E-state index in [-0.39, 0.29) is 0 Å². The first kappa shape index (κ1) is 22.6. The van der Waals surface area contributed by atoms with Gasteiger partial charge in [-0.25, -0.2) is 4.98 Å². The third-order valence-corrected chi connectivity index (χ3v) is 8.72. The zero-order valence-electron chi connectivity index (χ0n) is 18.2. The highest BCUT2D eigenvalue weighted by Crippen LogP contribution is 2.19. The molecule has 170 valence electrons. The van der Waals surface area contributed by atoms with Gasteiger partial charge >= 0.3 is 0 Å². The van der Waals surface area contributed by atoms with Crippen molar-refractivity contribution in [3.63, 3.8) is 0 Å². The summed E-state index contributed by atoms with van der Waals surface area (Å²) < 4.78 is 34.9. The van der Waals surface area contributed by atoms with Crippen molar-refractivity contribution in [3.05, 3.63) is 45.9 Å². The molecule has 0 saturated carbocycles. The van der Waals surface area contributed by atoms with Gasteiger partial charge in [0.05, 0.1) is 5.69 Å². The number of nitrogens with zero attached hydrogens (tertiary/aromatic N) is 5. The van der Waals surface area contributed by atoms with E-state index in [1.165, 1.54) is 5.56 Å². The number of benzene rings is 1. The first-order valence-electron chi connectivity index (χ1n) is 10.7. The Morgan fingerprint density at radius 2 is 1.58 bits per heavy atom. The van der Waals surface area contributed by atoms with E-state index >= 15 is 0 Å². The zero-order chi connectivity index (χ0) is 21.8. The Morgan fingerprint density at radius 1 is 0.968 bits per heavy atom. The van der Waals surface area contributed by atoms with Crippen LogP contribution in [-0.2, 0) is 23.4 Å². The number of likely N-dealkylation sites (N-methyl/N-ethyl adjacent to an activating group) is 1. The molecule has 0 atom stereocenters. The fourth-order valence-electron chi connectivity index (χ4n) is 3.80. The van der Waals surface area contributed by atoms with Gasteiger partial charge in [0.2, 0.25) is 0 Å². The predicted molar refractivity (Wildman–Crippen MR) is 122 cm³/mol. The summed E-state index contributed by atoms with van der Waals surface area (Å²) in [6.45, 7) is 8.49. The molecule has 1 aromatic heterocycles. The molecule has 3 heterocycles. The number of rotatable bonds is 7. The highest BCUT2D eigenvalue weighted by Gasteiger charge is 2.33. The molecular formula is C21H31N5O3S2. The number of piperazine rings is 2. The Hall–Kier alpha value is -1.56. The van der Waals surface area contributed by atoms with Gasteiger partial charge < -0.3 is 9.64 Å². The van der Waals surface area contributed by atoms with E-state index < -0.39 is 10.2 Å². The molecular weight excluding hydrogens is 434 g/mol. The molecule has 1 aromatic carbocycles. The zero-order valence-corrected chi connectivity index (χ0v) is 19.9. The maximum absolute atomic E-state index is 12.9. The molecule has 10 heteroatoms. The summed E-state index contributed by atoms with van der Waals surface area (Å²) in [5.74, 6) is 0.847. The van der Waals surface area contributed by atoms with Crippen molar-refractivity contribution in [1.29, 1.82) is 0 Å². The lowest BCUT2D eigenvalue weighted by molar-refractivity contribution is 0.164. The Balaban J connectivity index is 1.24. The molecule has 0 N–H and O–H groups in total. The third kappa shape index (κ3) is 5.82. The largest absolute Gasteiger partial charge is 0.486 e. The number of hydrogen-bond donors (Lipinski definition) is 0. The van der Waals surface area contributed by atoms with Gasteiger partial charge in [-0.15, -0.1) is 11.3 Å². The number of aromatic nitrogens is 1. The van der Waals surface area contributed by atoms with Crippen LogP contribution >= 0.6 is 11.3 Å². The first-order valence-corrected chi connectivity index (χ1v) is 13.0. The van der Waals surface area contributed by atoms with Crippen molar-refractivity contribution in [2.45, 2.75) is 20.1 Å². The molecule has 0 amide bonds. The molecule has 0 unspecified atom stereocenters. The summed E-state index contributed by atoms with van der Waals surface area (Å²) in [6, 6.07) is 8.01. The lowest BCUT2D eigenvalue weighted by Gasteiger charge is -2.38. The standard InChI is InChI=1S/C21H31N5O3S2/c1-18-3-5-20(6-4-18)29-16-21-22-19(17-30-21)15-24-9-13-26(14-10-24)31(27,28)25-11-7-23(2)8-12-25/h3-6,17H,7-16H2,1-2H3. The lowest BCUT2D eigenvalue weighted by Crippen LogP contribution is -2.56. The van der Waals surface area contributed by atoms with Gasteiger partial charge in [0.1, 0.15) is 17.4 Å². The SMILES string of the molecule is Cc1ccc(OCc2nc(CN3CCN(S(=O)(=O)N4CCN(C)CC4)CC3)cs2)cc1. The average Bonchev–Trinajstić information content (AvgIpc) is 3.21. The van der Waals surface area contributed by atoms with Crippen molar-refractivity contribution < 1.29 is 13.2 Å². The highest BCUT2D eigenvalue weighted by molar-refractivity contribution is 7.86. The Bertz CT molecular complexity index is 948. The normalized spacial score (nSPS) is 20.2. The molecule has 8 nitrogen and oxygen atoms in total. The van der Waals surface area contributed by atoms with Crippen molar-refractivity contribution >= 4 is 21.5 Å². The highest BCUT2D eigenvalue weighted by atomic mass is 32.2. The second-order valence-electron chi connectivity index (χ2n) is 8.22. The van der Waals surface area contributed by atoms with Gasteiger partial charge in [-0.1, -0.05) is 17.7 Å². The molecule has 2 fully saturated rings. The van der Waals surface area contributed by atoms with Crippen LogP contribution in [0.2, 0.25) is 0 Å². The summed E-state index contributed by atoms with van der Waals surface area (Å²) in [7, 11) is -1.32. The fraction of sp³-hybridized carbons (Fsp3) is 0.571. The van der Waals surface area contributed by atoms with Crippen LogP contribution in [0.1, 0.15) is 16.3 Å². The van der Waals surface area contributed by atoms with E-state index in [4.69, 9.17) is 9.72 Å². The minimum Gasteiger partial charge on any atom is -0.486 e. The number of aryl methyl sites for hydroxylation is 1. The number of thiazole rings is 1. The number of hydrogen-bond acceptors (Lipinski definition) is 7. The van der Waals surface area contributed by atoms with Crippen LogP contribution in [0.25, 0.3) is 0 Å². The monoisotopic (exact) mass is 465 g/mol. The van der Waals surface area contributed by atoms with Crippen molar-refractivity contribution in [1.82, 2.24) is 23.4 Å². The molecule has 0 aliphatic carbocycles. The van der Waals surface area contributed by atoms with Gasteiger partial charge in [-0.3, -0.25) is 4.90 Å². The third-order valence-electron chi connectivity index (χ3n) is 5.81. The fourth-order valence-corrected chi connectivity index (χ4v) is 6.07.